The van der Waals surface area contributed by atoms with Crippen molar-refractivity contribution in [3.63, 3.8) is 0 Å². The van der Waals surface area contributed by atoms with Crippen LogP contribution in [-0.2, 0) is 0 Å². The molecular formula is C13H20O. The number of hydrogen-bond donors (Lipinski definition) is 0. The SMILES string of the molecule is CC.CCCC(=O)c1cccc(C)c1. The second-order valence-electron chi connectivity index (χ2n) is 3.04. The van der Waals surface area contributed by atoms with Crippen LogP contribution in [0.1, 0.15) is 49.5 Å². The van der Waals surface area contributed by atoms with E-state index in [4.69, 9.17) is 0 Å². The van der Waals surface area contributed by atoms with E-state index in [0.717, 1.165) is 17.5 Å². The van der Waals surface area contributed by atoms with Crippen LogP contribution in [0, 0.1) is 6.92 Å². The molecule has 1 heteroatoms. The molecule has 0 radical (unpaired) electrons. The minimum Gasteiger partial charge on any atom is -0.294 e. The minimum absolute atomic E-state index is 0.251. The molecule has 0 aliphatic carbocycles. The molecule has 0 aliphatic heterocycles. The van der Waals surface area contributed by atoms with Gasteiger partial charge in [0.25, 0.3) is 0 Å². The van der Waals surface area contributed by atoms with Crippen molar-refractivity contribution >= 4 is 5.78 Å². The van der Waals surface area contributed by atoms with Crippen molar-refractivity contribution in [1.29, 1.82) is 0 Å². The number of ketones is 1. The summed E-state index contributed by atoms with van der Waals surface area (Å²) in [6.07, 6.45) is 1.58. The molecule has 78 valence electrons. The van der Waals surface area contributed by atoms with Gasteiger partial charge in [-0.15, -0.1) is 0 Å². The average Bonchev–Trinajstić information content (AvgIpc) is 2.21. The Bertz CT molecular complexity index is 276. The number of carbonyl (C=O) groups excluding carboxylic acids is 1. The van der Waals surface area contributed by atoms with Crippen LogP contribution in [0.4, 0.5) is 0 Å². The number of rotatable bonds is 3. The first-order valence-electron chi connectivity index (χ1n) is 5.34. The Morgan fingerprint density at radius 3 is 2.43 bits per heavy atom. The zero-order valence-corrected chi connectivity index (χ0v) is 9.63. The van der Waals surface area contributed by atoms with E-state index in [0.29, 0.717) is 6.42 Å². The first kappa shape index (κ1) is 12.9. The summed E-state index contributed by atoms with van der Waals surface area (Å²) >= 11 is 0. The van der Waals surface area contributed by atoms with E-state index in [1.54, 1.807) is 0 Å². The summed E-state index contributed by atoms with van der Waals surface area (Å²) in [5, 5.41) is 0. The fraction of sp³-hybridized carbons (Fsp3) is 0.462. The summed E-state index contributed by atoms with van der Waals surface area (Å²) in [5.41, 5.74) is 1.99. The van der Waals surface area contributed by atoms with E-state index in [1.807, 2.05) is 52.0 Å². The Balaban J connectivity index is 0.000000791. The Morgan fingerprint density at radius 1 is 1.29 bits per heavy atom. The molecule has 0 spiro atoms. The molecule has 1 rings (SSSR count). The van der Waals surface area contributed by atoms with Crippen LogP contribution in [0.15, 0.2) is 24.3 Å². The van der Waals surface area contributed by atoms with E-state index < -0.39 is 0 Å². The highest BCUT2D eigenvalue weighted by atomic mass is 16.1. The molecule has 0 heterocycles. The number of hydrogen-bond acceptors (Lipinski definition) is 1. The lowest BCUT2D eigenvalue weighted by Gasteiger charge is -1.99. The fourth-order valence-corrected chi connectivity index (χ4v) is 1.19. The van der Waals surface area contributed by atoms with Crippen molar-refractivity contribution in [2.75, 3.05) is 0 Å². The van der Waals surface area contributed by atoms with Crippen molar-refractivity contribution < 1.29 is 4.79 Å². The number of Topliss-reactive ketones (excluding diaryl/α,β-unsaturated/α-hetero) is 1. The summed E-state index contributed by atoms with van der Waals surface area (Å²) in [7, 11) is 0. The van der Waals surface area contributed by atoms with E-state index in [-0.39, 0.29) is 5.78 Å². The van der Waals surface area contributed by atoms with Gasteiger partial charge in [-0.05, 0) is 19.4 Å². The second kappa shape index (κ2) is 7.31. The molecule has 0 saturated heterocycles. The van der Waals surface area contributed by atoms with Crippen LogP contribution in [0.5, 0.6) is 0 Å². The maximum atomic E-state index is 11.4. The molecule has 14 heavy (non-hydrogen) atoms. The first-order chi connectivity index (χ1) is 6.74. The van der Waals surface area contributed by atoms with Gasteiger partial charge in [0, 0.05) is 12.0 Å². The van der Waals surface area contributed by atoms with Gasteiger partial charge in [0.2, 0.25) is 0 Å². The monoisotopic (exact) mass is 192 g/mol. The van der Waals surface area contributed by atoms with Crippen LogP contribution >= 0.6 is 0 Å². The molecule has 0 amide bonds. The average molecular weight is 192 g/mol. The summed E-state index contributed by atoms with van der Waals surface area (Å²) in [6, 6.07) is 7.75. The normalized spacial score (nSPS) is 8.86. The fourth-order valence-electron chi connectivity index (χ4n) is 1.19. The molecule has 0 bridgehead atoms. The van der Waals surface area contributed by atoms with Crippen LogP contribution < -0.4 is 0 Å². The lowest BCUT2D eigenvalue weighted by atomic mass is 10.1. The van der Waals surface area contributed by atoms with Gasteiger partial charge in [0.15, 0.2) is 5.78 Å². The maximum Gasteiger partial charge on any atom is 0.162 e. The summed E-state index contributed by atoms with van der Waals surface area (Å²) in [6.45, 7) is 8.02. The van der Waals surface area contributed by atoms with Crippen molar-refractivity contribution in [1.82, 2.24) is 0 Å². The van der Waals surface area contributed by atoms with E-state index >= 15 is 0 Å². The predicted molar refractivity (Wildman–Crippen MR) is 61.8 cm³/mol. The van der Waals surface area contributed by atoms with Crippen LogP contribution in [-0.4, -0.2) is 5.78 Å². The number of benzene rings is 1. The Labute approximate surface area is 87.2 Å². The number of carbonyl (C=O) groups is 1. The van der Waals surface area contributed by atoms with Gasteiger partial charge in [-0.2, -0.15) is 0 Å². The molecule has 0 aromatic heterocycles. The molecular weight excluding hydrogens is 172 g/mol. The Hall–Kier alpha value is -1.11. The summed E-state index contributed by atoms with van der Waals surface area (Å²) < 4.78 is 0. The molecule has 1 aromatic carbocycles. The topological polar surface area (TPSA) is 17.1 Å². The van der Waals surface area contributed by atoms with Gasteiger partial charge < -0.3 is 0 Å². The summed E-state index contributed by atoms with van der Waals surface area (Å²) in [4.78, 5) is 11.4. The molecule has 0 saturated carbocycles. The molecule has 0 aliphatic rings. The zero-order chi connectivity index (χ0) is 11.0. The van der Waals surface area contributed by atoms with Gasteiger partial charge in [0.05, 0.1) is 0 Å². The Kier molecular flexibility index (Phi) is 6.73. The van der Waals surface area contributed by atoms with Crippen LogP contribution in [0.3, 0.4) is 0 Å². The van der Waals surface area contributed by atoms with E-state index in [2.05, 4.69) is 0 Å². The smallest absolute Gasteiger partial charge is 0.162 e. The lowest BCUT2D eigenvalue weighted by Crippen LogP contribution is -1.97. The van der Waals surface area contributed by atoms with Gasteiger partial charge in [-0.25, -0.2) is 0 Å². The predicted octanol–water partition coefficient (Wildman–Crippen LogP) is 4.00. The van der Waals surface area contributed by atoms with E-state index in [9.17, 15) is 4.79 Å². The van der Waals surface area contributed by atoms with Crippen LogP contribution in [0.2, 0.25) is 0 Å². The lowest BCUT2D eigenvalue weighted by molar-refractivity contribution is 0.0981. The van der Waals surface area contributed by atoms with Gasteiger partial charge in [0.1, 0.15) is 0 Å². The molecule has 1 nitrogen and oxygen atoms in total. The number of aryl methyl sites for hydroxylation is 1. The Morgan fingerprint density at radius 2 is 1.93 bits per heavy atom. The standard InChI is InChI=1S/C11H14O.C2H6/c1-3-5-11(12)10-7-4-6-9(2)8-10;1-2/h4,6-8H,3,5H2,1-2H3;1-2H3. The zero-order valence-electron chi connectivity index (χ0n) is 9.63. The minimum atomic E-state index is 0.251. The highest BCUT2D eigenvalue weighted by Crippen LogP contribution is 2.07. The summed E-state index contributed by atoms with van der Waals surface area (Å²) in [5.74, 6) is 0.251. The first-order valence-corrected chi connectivity index (χ1v) is 5.34. The van der Waals surface area contributed by atoms with E-state index in [1.165, 1.54) is 0 Å². The highest BCUT2D eigenvalue weighted by molar-refractivity contribution is 5.96. The highest BCUT2D eigenvalue weighted by Gasteiger charge is 2.02. The molecule has 0 fully saturated rings. The largest absolute Gasteiger partial charge is 0.294 e. The van der Waals surface area contributed by atoms with Crippen LogP contribution in [0.25, 0.3) is 0 Å². The molecule has 0 atom stereocenters. The van der Waals surface area contributed by atoms with Gasteiger partial charge in [-0.1, -0.05) is 44.5 Å². The van der Waals surface area contributed by atoms with Crippen molar-refractivity contribution in [2.45, 2.75) is 40.5 Å². The van der Waals surface area contributed by atoms with Crippen molar-refractivity contribution in [3.8, 4) is 0 Å². The van der Waals surface area contributed by atoms with Gasteiger partial charge >= 0.3 is 0 Å². The third-order valence-corrected chi connectivity index (χ3v) is 1.82. The molecule has 1 aromatic rings. The van der Waals surface area contributed by atoms with Crippen molar-refractivity contribution in [2.24, 2.45) is 0 Å². The second-order valence-corrected chi connectivity index (χ2v) is 3.04. The quantitative estimate of drug-likeness (QED) is 0.661. The third kappa shape index (κ3) is 4.22. The maximum absolute atomic E-state index is 11.4. The molecule has 0 N–H and O–H groups in total. The third-order valence-electron chi connectivity index (χ3n) is 1.82. The van der Waals surface area contributed by atoms with Crippen molar-refractivity contribution in [3.05, 3.63) is 35.4 Å². The van der Waals surface area contributed by atoms with Gasteiger partial charge in [-0.3, -0.25) is 4.79 Å². The molecule has 0 unspecified atom stereocenters.